The first-order valence-corrected chi connectivity index (χ1v) is 9.49. The summed E-state index contributed by atoms with van der Waals surface area (Å²) in [6.45, 7) is 0.756. The minimum absolute atomic E-state index is 0.00266. The average Bonchev–Trinajstić information content (AvgIpc) is 2.85. The first kappa shape index (κ1) is 22.7. The van der Waals surface area contributed by atoms with Gasteiger partial charge in [-0.2, -0.15) is 18.3 Å². The van der Waals surface area contributed by atoms with Crippen molar-refractivity contribution in [1.82, 2.24) is 14.1 Å². The van der Waals surface area contributed by atoms with Crippen molar-refractivity contribution in [3.63, 3.8) is 0 Å². The molecule has 154 valence electrons. The SMILES string of the molecule is Cc1nn(C/C(F)=C/CN)c(C(F)(F)F)c1Cc1ccc(SN(C)C)c(Cl)c1. The van der Waals surface area contributed by atoms with Crippen LogP contribution in [0.5, 0.6) is 0 Å². The Morgan fingerprint density at radius 2 is 2.04 bits per heavy atom. The van der Waals surface area contributed by atoms with E-state index in [1.54, 1.807) is 18.2 Å². The third-order valence-electron chi connectivity index (χ3n) is 3.82. The molecule has 0 aliphatic carbocycles. The van der Waals surface area contributed by atoms with Gasteiger partial charge in [0.25, 0.3) is 0 Å². The Hall–Kier alpha value is -1.55. The van der Waals surface area contributed by atoms with Crippen molar-refractivity contribution in [3.8, 4) is 0 Å². The molecule has 0 radical (unpaired) electrons. The molecule has 2 rings (SSSR count). The van der Waals surface area contributed by atoms with E-state index in [1.807, 2.05) is 18.4 Å². The lowest BCUT2D eigenvalue weighted by Crippen LogP contribution is -2.17. The van der Waals surface area contributed by atoms with Crippen LogP contribution in [0.25, 0.3) is 0 Å². The molecule has 1 heterocycles. The van der Waals surface area contributed by atoms with E-state index in [-0.39, 0.29) is 24.2 Å². The molecule has 0 fully saturated rings. The average molecular weight is 437 g/mol. The first-order chi connectivity index (χ1) is 13.0. The fourth-order valence-electron chi connectivity index (χ4n) is 2.73. The zero-order valence-electron chi connectivity index (χ0n) is 15.6. The Bertz CT molecular complexity index is 862. The molecule has 2 N–H and O–H groups in total. The molecule has 0 spiro atoms. The minimum Gasteiger partial charge on any atom is -0.327 e. The van der Waals surface area contributed by atoms with E-state index >= 15 is 0 Å². The summed E-state index contributed by atoms with van der Waals surface area (Å²) >= 11 is 7.67. The van der Waals surface area contributed by atoms with E-state index in [1.165, 1.54) is 18.9 Å². The van der Waals surface area contributed by atoms with Gasteiger partial charge in [0.2, 0.25) is 0 Å². The Labute approximate surface area is 170 Å². The van der Waals surface area contributed by atoms with E-state index < -0.39 is 24.2 Å². The van der Waals surface area contributed by atoms with E-state index in [2.05, 4.69) is 5.10 Å². The number of nitrogens with two attached hydrogens (primary N) is 1. The van der Waals surface area contributed by atoms with Gasteiger partial charge >= 0.3 is 6.18 Å². The smallest absolute Gasteiger partial charge is 0.327 e. The van der Waals surface area contributed by atoms with Crippen molar-refractivity contribution >= 4 is 23.5 Å². The molecule has 28 heavy (non-hydrogen) atoms. The fraction of sp³-hybridized carbons (Fsp3) is 0.389. The van der Waals surface area contributed by atoms with Crippen LogP contribution >= 0.6 is 23.5 Å². The topological polar surface area (TPSA) is 47.1 Å². The van der Waals surface area contributed by atoms with E-state index in [0.717, 1.165) is 11.0 Å². The van der Waals surface area contributed by atoms with Gasteiger partial charge < -0.3 is 5.73 Å². The van der Waals surface area contributed by atoms with Gasteiger partial charge in [-0.1, -0.05) is 17.7 Å². The molecular formula is C18H21ClF4N4S. The van der Waals surface area contributed by atoms with E-state index in [0.29, 0.717) is 15.3 Å². The highest BCUT2D eigenvalue weighted by Gasteiger charge is 2.39. The van der Waals surface area contributed by atoms with Gasteiger partial charge in [0, 0.05) is 23.4 Å². The van der Waals surface area contributed by atoms with Gasteiger partial charge in [-0.15, -0.1) is 0 Å². The second-order valence-electron chi connectivity index (χ2n) is 6.30. The van der Waals surface area contributed by atoms with Crippen molar-refractivity contribution in [2.24, 2.45) is 5.73 Å². The normalized spacial score (nSPS) is 12.9. The molecule has 1 aromatic carbocycles. The number of nitrogens with zero attached hydrogens (tertiary/aromatic N) is 3. The monoisotopic (exact) mass is 436 g/mol. The van der Waals surface area contributed by atoms with Crippen molar-refractivity contribution in [2.45, 2.75) is 31.0 Å². The summed E-state index contributed by atoms with van der Waals surface area (Å²) in [7, 11) is 3.72. The van der Waals surface area contributed by atoms with Gasteiger partial charge in [-0.05, 0) is 56.7 Å². The number of aromatic nitrogens is 2. The predicted octanol–water partition coefficient (Wildman–Crippen LogP) is 4.84. The maximum absolute atomic E-state index is 13.8. The number of hydrogen-bond acceptors (Lipinski definition) is 4. The highest BCUT2D eigenvalue weighted by Crippen LogP contribution is 2.36. The standard InChI is InChI=1S/C18H21ClF4N4S/c1-11-14(8-12-4-5-16(15(19)9-12)28-26(2)3)17(18(21,22)23)27(25-11)10-13(20)6-7-24/h4-6,9H,7-8,10,24H2,1-3H3/b13-6-. The van der Waals surface area contributed by atoms with Gasteiger partial charge in [0.15, 0.2) is 0 Å². The van der Waals surface area contributed by atoms with E-state index in [4.69, 9.17) is 17.3 Å². The zero-order valence-corrected chi connectivity index (χ0v) is 17.2. The summed E-state index contributed by atoms with van der Waals surface area (Å²) < 4.78 is 57.3. The quantitative estimate of drug-likeness (QED) is 0.498. The second kappa shape index (κ2) is 9.30. The largest absolute Gasteiger partial charge is 0.433 e. The summed E-state index contributed by atoms with van der Waals surface area (Å²) in [5.41, 5.74) is 5.05. The van der Waals surface area contributed by atoms with Gasteiger partial charge in [0.1, 0.15) is 11.5 Å². The Kier molecular flexibility index (Phi) is 7.55. The maximum atomic E-state index is 13.8. The lowest BCUT2D eigenvalue weighted by molar-refractivity contribution is -0.144. The second-order valence-corrected chi connectivity index (χ2v) is 8.06. The third-order valence-corrected chi connectivity index (χ3v) is 5.16. The molecule has 0 aliphatic rings. The maximum Gasteiger partial charge on any atom is 0.433 e. The molecule has 0 saturated carbocycles. The van der Waals surface area contributed by atoms with Crippen molar-refractivity contribution in [2.75, 3.05) is 20.6 Å². The van der Waals surface area contributed by atoms with Crippen molar-refractivity contribution in [1.29, 1.82) is 0 Å². The molecular weight excluding hydrogens is 416 g/mol. The molecule has 0 amide bonds. The summed E-state index contributed by atoms with van der Waals surface area (Å²) in [6, 6.07) is 5.13. The minimum atomic E-state index is -4.68. The van der Waals surface area contributed by atoms with Crippen molar-refractivity contribution < 1.29 is 17.6 Å². The number of hydrogen-bond donors (Lipinski definition) is 1. The number of benzene rings is 1. The summed E-state index contributed by atoms with van der Waals surface area (Å²) in [5, 5.41) is 4.36. The Morgan fingerprint density at radius 1 is 1.36 bits per heavy atom. The molecule has 10 heteroatoms. The molecule has 0 saturated heterocycles. The van der Waals surface area contributed by atoms with Crippen LogP contribution in [0.4, 0.5) is 17.6 Å². The van der Waals surface area contributed by atoms with E-state index in [9.17, 15) is 17.6 Å². The number of halogens is 5. The molecule has 0 aliphatic heterocycles. The van der Waals surface area contributed by atoms with Crippen molar-refractivity contribution in [3.05, 3.63) is 57.6 Å². The molecule has 0 bridgehead atoms. The van der Waals surface area contributed by atoms with Crippen LogP contribution < -0.4 is 5.73 Å². The Balaban J connectivity index is 2.41. The van der Waals surface area contributed by atoms with Crippen LogP contribution in [0.3, 0.4) is 0 Å². The van der Waals surface area contributed by atoms with Gasteiger partial charge in [0.05, 0.1) is 17.3 Å². The Morgan fingerprint density at radius 3 is 2.57 bits per heavy atom. The van der Waals surface area contributed by atoms with Crippen LogP contribution in [0.1, 0.15) is 22.5 Å². The number of aryl methyl sites for hydroxylation is 1. The highest BCUT2D eigenvalue weighted by atomic mass is 35.5. The molecule has 2 aromatic rings. The summed E-state index contributed by atoms with van der Waals surface area (Å²) in [6.07, 6.45) is -3.67. The number of rotatable bonds is 7. The number of allylic oxidation sites excluding steroid dienone is 1. The number of alkyl halides is 3. The summed E-state index contributed by atoms with van der Waals surface area (Å²) in [4.78, 5) is 0.799. The van der Waals surface area contributed by atoms with Crippen LogP contribution in [0, 0.1) is 6.92 Å². The fourth-order valence-corrected chi connectivity index (χ4v) is 3.70. The van der Waals surface area contributed by atoms with Crippen LogP contribution in [0.2, 0.25) is 5.02 Å². The van der Waals surface area contributed by atoms with Gasteiger partial charge in [-0.3, -0.25) is 8.99 Å². The van der Waals surface area contributed by atoms with Crippen LogP contribution in [0.15, 0.2) is 35.0 Å². The predicted molar refractivity (Wildman–Crippen MR) is 104 cm³/mol. The van der Waals surface area contributed by atoms with Crippen LogP contribution in [-0.4, -0.2) is 34.7 Å². The molecule has 0 unspecified atom stereocenters. The third kappa shape index (κ3) is 5.73. The lowest BCUT2D eigenvalue weighted by Gasteiger charge is -2.14. The first-order valence-electron chi connectivity index (χ1n) is 8.34. The lowest BCUT2D eigenvalue weighted by atomic mass is 10.0. The van der Waals surface area contributed by atoms with Crippen LogP contribution in [-0.2, 0) is 19.1 Å². The summed E-state index contributed by atoms with van der Waals surface area (Å²) in [5.74, 6) is -0.768. The molecule has 4 nitrogen and oxygen atoms in total. The molecule has 0 atom stereocenters. The molecule has 1 aromatic heterocycles. The zero-order chi connectivity index (χ0) is 21.1. The van der Waals surface area contributed by atoms with Gasteiger partial charge in [-0.25, -0.2) is 4.39 Å². The highest BCUT2D eigenvalue weighted by molar-refractivity contribution is 7.97.